The second kappa shape index (κ2) is 11.4. The molecule has 0 fully saturated rings. The molecular weight excluding hydrogens is 611 g/mol. The van der Waals surface area contributed by atoms with E-state index in [0.717, 1.165) is 66.5 Å². The number of nitrogens with zero attached hydrogens (tertiary/aromatic N) is 5. The zero-order valence-corrected chi connectivity index (χ0v) is 26.7. The number of benzene rings is 7. The Morgan fingerprint density at radius 2 is 1.18 bits per heavy atom. The predicted octanol–water partition coefficient (Wildman–Crippen LogP) is 11.5. The summed E-state index contributed by atoms with van der Waals surface area (Å²) in [7, 11) is 0. The zero-order chi connectivity index (χ0) is 33.8. The Balaban J connectivity index is 1.31. The Morgan fingerprint density at radius 1 is 0.520 bits per heavy atom. The molecule has 0 aliphatic carbocycles. The van der Waals surface area contributed by atoms with E-state index < -0.39 is 0 Å². The first-order valence-corrected chi connectivity index (χ1v) is 16.3. The number of nitriles is 2. The molecule has 2 aromatic heterocycles. The third-order valence-electron chi connectivity index (χ3n) is 9.61. The first-order chi connectivity index (χ1) is 24.7. The Hall–Kier alpha value is -7.39. The maximum atomic E-state index is 10.5. The van der Waals surface area contributed by atoms with Crippen LogP contribution in [0.25, 0.3) is 82.1 Å². The molecule has 0 bridgehead atoms. The molecule has 2 heterocycles. The largest absolute Gasteiger partial charge is 0.310 e. The van der Waals surface area contributed by atoms with E-state index in [0.29, 0.717) is 16.8 Å². The van der Waals surface area contributed by atoms with Crippen LogP contribution in [0.3, 0.4) is 0 Å². The van der Waals surface area contributed by atoms with E-state index >= 15 is 0 Å². The quantitative estimate of drug-likeness (QED) is 0.181. The van der Waals surface area contributed by atoms with Gasteiger partial charge in [0.15, 0.2) is 5.69 Å². The third kappa shape index (κ3) is 4.24. The highest BCUT2D eigenvalue weighted by Crippen LogP contribution is 2.43. The topological polar surface area (TPSA) is 61.8 Å². The van der Waals surface area contributed by atoms with Gasteiger partial charge in [0.25, 0.3) is 0 Å². The fraction of sp³-hybridized carbons (Fsp3) is 0. The van der Waals surface area contributed by atoms with Crippen molar-refractivity contribution < 1.29 is 0 Å². The molecule has 0 atom stereocenters. The summed E-state index contributed by atoms with van der Waals surface area (Å²) in [6.45, 7) is 7.93. The number of aromatic nitrogens is 2. The molecule has 5 nitrogen and oxygen atoms in total. The van der Waals surface area contributed by atoms with Crippen molar-refractivity contribution in [3.05, 3.63) is 174 Å². The van der Waals surface area contributed by atoms with Gasteiger partial charge < -0.3 is 9.13 Å². The van der Waals surface area contributed by atoms with E-state index in [1.807, 2.05) is 60.7 Å². The molecule has 9 rings (SSSR count). The molecule has 0 aliphatic rings. The van der Waals surface area contributed by atoms with Gasteiger partial charge in [0, 0.05) is 38.5 Å². The molecule has 0 aliphatic heterocycles. The van der Waals surface area contributed by atoms with Crippen LogP contribution in [0, 0.1) is 29.2 Å². The van der Waals surface area contributed by atoms with Gasteiger partial charge in [-0.15, -0.1) is 0 Å². The summed E-state index contributed by atoms with van der Waals surface area (Å²) < 4.78 is 4.46. The second-order valence-corrected chi connectivity index (χ2v) is 12.2. The summed E-state index contributed by atoms with van der Waals surface area (Å²) in [4.78, 5) is 3.85. The Kier molecular flexibility index (Phi) is 6.56. The fourth-order valence-corrected chi connectivity index (χ4v) is 7.55. The van der Waals surface area contributed by atoms with Crippen LogP contribution in [0.2, 0.25) is 0 Å². The van der Waals surface area contributed by atoms with Gasteiger partial charge in [0.1, 0.15) is 0 Å². The molecule has 7 aromatic carbocycles. The van der Waals surface area contributed by atoms with Crippen LogP contribution in [-0.2, 0) is 0 Å². The van der Waals surface area contributed by atoms with Crippen molar-refractivity contribution in [1.29, 1.82) is 10.5 Å². The first kappa shape index (κ1) is 28.8. The molecule has 0 saturated heterocycles. The van der Waals surface area contributed by atoms with Crippen molar-refractivity contribution in [1.82, 2.24) is 9.13 Å². The predicted molar refractivity (Wildman–Crippen MR) is 202 cm³/mol. The summed E-state index contributed by atoms with van der Waals surface area (Å²) in [5.74, 6) is 0. The summed E-state index contributed by atoms with van der Waals surface area (Å²) in [6, 6.07) is 55.6. The van der Waals surface area contributed by atoms with Crippen LogP contribution >= 0.6 is 0 Å². The van der Waals surface area contributed by atoms with Gasteiger partial charge in [0.05, 0.1) is 52.1 Å². The van der Waals surface area contributed by atoms with Crippen LogP contribution in [0.4, 0.5) is 5.69 Å². The van der Waals surface area contributed by atoms with E-state index in [1.54, 1.807) is 0 Å². The van der Waals surface area contributed by atoms with Crippen molar-refractivity contribution in [2.24, 2.45) is 0 Å². The number of rotatable bonds is 4. The summed E-state index contributed by atoms with van der Waals surface area (Å²) in [5.41, 5.74) is 11.2. The van der Waals surface area contributed by atoms with Crippen molar-refractivity contribution in [2.75, 3.05) is 0 Å². The minimum absolute atomic E-state index is 0.535. The Labute approximate surface area is 288 Å². The third-order valence-corrected chi connectivity index (χ3v) is 9.61. The molecule has 0 radical (unpaired) electrons. The van der Waals surface area contributed by atoms with Gasteiger partial charge in [-0.05, 0) is 77.2 Å². The number of hydrogen-bond acceptors (Lipinski definition) is 2. The molecule has 0 N–H and O–H groups in total. The fourth-order valence-electron chi connectivity index (χ4n) is 7.55. The average Bonchev–Trinajstić information content (AvgIpc) is 3.70. The lowest BCUT2D eigenvalue weighted by Crippen LogP contribution is -1.99. The van der Waals surface area contributed by atoms with Crippen molar-refractivity contribution >= 4 is 49.3 Å². The van der Waals surface area contributed by atoms with Gasteiger partial charge >= 0.3 is 0 Å². The monoisotopic (exact) mass is 635 g/mol. The molecular formula is C45H25N5. The Bertz CT molecular complexity index is 2920. The Morgan fingerprint density at radius 3 is 1.94 bits per heavy atom. The summed E-state index contributed by atoms with van der Waals surface area (Å²) in [5, 5.41) is 24.3. The molecule has 0 unspecified atom stereocenters. The minimum Gasteiger partial charge on any atom is -0.310 e. The highest BCUT2D eigenvalue weighted by atomic mass is 15.0. The smallest absolute Gasteiger partial charge is 0.197 e. The van der Waals surface area contributed by atoms with E-state index in [9.17, 15) is 10.5 Å². The van der Waals surface area contributed by atoms with Crippen molar-refractivity contribution in [2.45, 2.75) is 0 Å². The number of hydrogen-bond donors (Lipinski definition) is 0. The molecule has 0 amide bonds. The normalized spacial score (nSPS) is 11.1. The molecule has 0 saturated carbocycles. The molecule has 230 valence electrons. The SMILES string of the molecule is [C-]#[N+]c1cccc2c1c1cc(C#N)ccc1n2-c1ccccc1-c1cccc(C#N)c1-c1cccc(-n2c3ccccc3c3ccccc32)c1. The minimum atomic E-state index is 0.535. The lowest BCUT2D eigenvalue weighted by molar-refractivity contribution is 1.18. The van der Waals surface area contributed by atoms with Crippen LogP contribution in [0.5, 0.6) is 0 Å². The van der Waals surface area contributed by atoms with Crippen LogP contribution in [-0.4, -0.2) is 9.13 Å². The van der Waals surface area contributed by atoms with Gasteiger partial charge in [-0.3, -0.25) is 0 Å². The highest BCUT2D eigenvalue weighted by Gasteiger charge is 2.21. The maximum absolute atomic E-state index is 10.5. The molecule has 50 heavy (non-hydrogen) atoms. The molecule has 5 heteroatoms. The van der Waals surface area contributed by atoms with E-state index in [4.69, 9.17) is 6.57 Å². The standard InChI is InChI=1S/C45H25N5/c1-48-38-18-10-22-43-45(38)37-25-29(27-46)23-24-42(37)50(43)41-21-7-4-16-35(41)36-17-9-12-31(28-47)44(36)30-11-8-13-32(26-30)49-39-19-5-2-14-33(39)34-15-3-6-20-40(34)49/h2-26H. The lowest BCUT2D eigenvalue weighted by atomic mass is 9.90. The van der Waals surface area contributed by atoms with Gasteiger partial charge in [-0.1, -0.05) is 91.0 Å². The van der Waals surface area contributed by atoms with Crippen molar-refractivity contribution in [3.8, 4) is 45.8 Å². The maximum Gasteiger partial charge on any atom is 0.197 e. The summed E-state index contributed by atoms with van der Waals surface area (Å²) >= 11 is 0. The van der Waals surface area contributed by atoms with E-state index in [-0.39, 0.29) is 0 Å². The average molecular weight is 636 g/mol. The van der Waals surface area contributed by atoms with Gasteiger partial charge in [-0.2, -0.15) is 10.5 Å². The van der Waals surface area contributed by atoms with Gasteiger partial charge in [0.2, 0.25) is 0 Å². The van der Waals surface area contributed by atoms with Crippen LogP contribution < -0.4 is 0 Å². The van der Waals surface area contributed by atoms with Gasteiger partial charge in [-0.25, -0.2) is 4.85 Å². The zero-order valence-electron chi connectivity index (χ0n) is 26.7. The summed E-state index contributed by atoms with van der Waals surface area (Å²) in [6.07, 6.45) is 0. The van der Waals surface area contributed by atoms with E-state index in [1.165, 1.54) is 10.8 Å². The second-order valence-electron chi connectivity index (χ2n) is 12.2. The number of para-hydroxylation sites is 3. The van der Waals surface area contributed by atoms with E-state index in [2.05, 4.69) is 117 Å². The lowest BCUT2D eigenvalue weighted by Gasteiger charge is -2.18. The first-order valence-electron chi connectivity index (χ1n) is 16.3. The highest BCUT2D eigenvalue weighted by molar-refractivity contribution is 6.16. The molecule has 0 spiro atoms. The number of fused-ring (bicyclic) bond motifs is 6. The van der Waals surface area contributed by atoms with Crippen LogP contribution in [0.1, 0.15) is 11.1 Å². The molecule has 9 aromatic rings. The van der Waals surface area contributed by atoms with Crippen molar-refractivity contribution in [3.63, 3.8) is 0 Å². The van der Waals surface area contributed by atoms with Crippen LogP contribution in [0.15, 0.2) is 152 Å².